The predicted octanol–water partition coefficient (Wildman–Crippen LogP) is 5.09. The third-order valence-corrected chi connectivity index (χ3v) is 8.15. The zero-order valence-corrected chi connectivity index (χ0v) is 16.7. The molecule has 2 nitrogen and oxygen atoms in total. The van der Waals surface area contributed by atoms with Crippen LogP contribution in [0.1, 0.15) is 43.2 Å². The van der Waals surface area contributed by atoms with Gasteiger partial charge in [0.2, 0.25) is 0 Å². The van der Waals surface area contributed by atoms with Crippen molar-refractivity contribution in [3.05, 3.63) is 47.5 Å². The second-order valence-corrected chi connectivity index (χ2v) is 9.45. The van der Waals surface area contributed by atoms with Crippen LogP contribution in [0.25, 0.3) is 0 Å². The van der Waals surface area contributed by atoms with Crippen molar-refractivity contribution in [3.8, 4) is 11.5 Å². The monoisotopic (exact) mass is 356 g/mol. The van der Waals surface area contributed by atoms with E-state index in [0.29, 0.717) is 5.66 Å². The van der Waals surface area contributed by atoms with E-state index >= 15 is 0 Å². The average molecular weight is 356 g/mol. The molecule has 0 radical (unpaired) electrons. The molecule has 0 spiro atoms. The fourth-order valence-electron chi connectivity index (χ4n) is 3.83. The molecule has 25 heavy (non-hydrogen) atoms. The number of hydrogen-bond donors (Lipinski definition) is 0. The number of hydrogen-bond acceptors (Lipinski definition) is 2. The molecule has 1 aliphatic carbocycles. The van der Waals surface area contributed by atoms with Gasteiger partial charge in [-0.15, -0.1) is 0 Å². The summed E-state index contributed by atoms with van der Waals surface area (Å²) in [6.45, 7) is 4.25. The summed E-state index contributed by atoms with van der Waals surface area (Å²) in [7, 11) is 3.08. The smallest absolute Gasteiger partial charge is 0.127 e. The molecule has 0 saturated heterocycles. The SMILES string of the molecule is COc1cc(C)ccc1P(c1ccc(C)cc1OC)C1CCCCC1. The fraction of sp³-hybridized carbons (Fsp3) is 0.455. The van der Waals surface area contributed by atoms with Crippen molar-refractivity contribution < 1.29 is 9.47 Å². The summed E-state index contributed by atoms with van der Waals surface area (Å²) in [6, 6.07) is 13.4. The van der Waals surface area contributed by atoms with Gasteiger partial charge in [0.05, 0.1) is 14.2 Å². The third-order valence-electron chi connectivity index (χ3n) is 5.13. The van der Waals surface area contributed by atoms with E-state index in [2.05, 4.69) is 50.2 Å². The Balaban J connectivity index is 2.13. The Kier molecular flexibility index (Phi) is 6.02. The molecule has 3 heteroatoms. The summed E-state index contributed by atoms with van der Waals surface area (Å²) in [5.74, 6) is 2.05. The van der Waals surface area contributed by atoms with E-state index in [1.165, 1.54) is 53.8 Å². The molecule has 1 fully saturated rings. The summed E-state index contributed by atoms with van der Waals surface area (Å²) in [6.07, 6.45) is 6.66. The van der Waals surface area contributed by atoms with Gasteiger partial charge in [-0.3, -0.25) is 0 Å². The lowest BCUT2D eigenvalue weighted by molar-refractivity contribution is 0.416. The van der Waals surface area contributed by atoms with Gasteiger partial charge in [-0.25, -0.2) is 0 Å². The van der Waals surface area contributed by atoms with E-state index in [-0.39, 0.29) is 0 Å². The van der Waals surface area contributed by atoms with E-state index in [1.54, 1.807) is 14.2 Å². The number of aryl methyl sites for hydroxylation is 2. The Morgan fingerprint density at radius 2 is 1.24 bits per heavy atom. The van der Waals surface area contributed by atoms with Crippen molar-refractivity contribution in [3.63, 3.8) is 0 Å². The first-order valence-corrected chi connectivity index (χ1v) is 10.6. The molecule has 1 aliphatic rings. The van der Waals surface area contributed by atoms with E-state index in [0.717, 1.165) is 11.5 Å². The van der Waals surface area contributed by atoms with Gasteiger partial charge in [0, 0.05) is 10.6 Å². The first kappa shape index (κ1) is 18.3. The topological polar surface area (TPSA) is 18.5 Å². The van der Waals surface area contributed by atoms with Crippen LogP contribution in [-0.2, 0) is 0 Å². The molecule has 0 heterocycles. The quantitative estimate of drug-likeness (QED) is 0.695. The van der Waals surface area contributed by atoms with Crippen molar-refractivity contribution in [2.45, 2.75) is 51.6 Å². The zero-order chi connectivity index (χ0) is 17.8. The third kappa shape index (κ3) is 4.01. The number of benzene rings is 2. The van der Waals surface area contributed by atoms with E-state index < -0.39 is 7.92 Å². The van der Waals surface area contributed by atoms with Gasteiger partial charge in [0.15, 0.2) is 0 Å². The maximum Gasteiger partial charge on any atom is 0.127 e. The van der Waals surface area contributed by atoms with Crippen LogP contribution in [0.2, 0.25) is 0 Å². The second-order valence-electron chi connectivity index (χ2n) is 7.01. The van der Waals surface area contributed by atoms with Crippen molar-refractivity contribution >= 4 is 18.5 Å². The molecular formula is C22H29O2P. The largest absolute Gasteiger partial charge is 0.496 e. The highest BCUT2D eigenvalue weighted by molar-refractivity contribution is 7.74. The van der Waals surface area contributed by atoms with Gasteiger partial charge < -0.3 is 9.47 Å². The molecule has 0 atom stereocenters. The summed E-state index contributed by atoms with van der Waals surface area (Å²) >= 11 is 0. The van der Waals surface area contributed by atoms with Crippen LogP contribution in [0.4, 0.5) is 0 Å². The van der Waals surface area contributed by atoms with Crippen LogP contribution >= 0.6 is 7.92 Å². The van der Waals surface area contributed by atoms with Gasteiger partial charge in [-0.2, -0.15) is 0 Å². The van der Waals surface area contributed by atoms with Crippen LogP contribution in [0.3, 0.4) is 0 Å². The van der Waals surface area contributed by atoms with Gasteiger partial charge in [0.1, 0.15) is 11.5 Å². The van der Waals surface area contributed by atoms with Crippen molar-refractivity contribution in [2.75, 3.05) is 14.2 Å². The number of methoxy groups -OCH3 is 2. The Labute approximate surface area is 153 Å². The highest BCUT2D eigenvalue weighted by Gasteiger charge is 2.30. The predicted molar refractivity (Wildman–Crippen MR) is 109 cm³/mol. The van der Waals surface area contributed by atoms with Gasteiger partial charge >= 0.3 is 0 Å². The van der Waals surface area contributed by atoms with Gasteiger partial charge in [0.25, 0.3) is 0 Å². The number of rotatable bonds is 5. The van der Waals surface area contributed by atoms with E-state index in [9.17, 15) is 0 Å². The van der Waals surface area contributed by atoms with Crippen LogP contribution in [-0.4, -0.2) is 19.9 Å². The fourth-order valence-corrected chi connectivity index (χ4v) is 7.01. The Morgan fingerprint density at radius 1 is 0.760 bits per heavy atom. The molecule has 0 bridgehead atoms. The highest BCUT2D eigenvalue weighted by Crippen LogP contribution is 2.50. The van der Waals surface area contributed by atoms with Crippen LogP contribution in [0, 0.1) is 13.8 Å². The van der Waals surface area contributed by atoms with Crippen molar-refractivity contribution in [2.24, 2.45) is 0 Å². The van der Waals surface area contributed by atoms with Crippen LogP contribution < -0.4 is 20.1 Å². The lowest BCUT2D eigenvalue weighted by atomic mass is 10.0. The first-order valence-electron chi connectivity index (χ1n) is 9.22. The summed E-state index contributed by atoms with van der Waals surface area (Å²) in [5, 5.41) is 2.72. The molecular weight excluding hydrogens is 327 g/mol. The normalized spacial score (nSPS) is 15.4. The molecule has 3 rings (SSSR count). The minimum Gasteiger partial charge on any atom is -0.496 e. The molecule has 0 amide bonds. The molecule has 2 aromatic rings. The molecule has 0 unspecified atom stereocenters. The Morgan fingerprint density at radius 3 is 1.68 bits per heavy atom. The molecule has 1 saturated carbocycles. The molecule has 134 valence electrons. The molecule has 0 aliphatic heterocycles. The van der Waals surface area contributed by atoms with E-state index in [4.69, 9.17) is 9.47 Å². The standard InChI is InChI=1S/C22H29O2P/c1-16-10-12-21(19(14-16)23-3)25(18-8-6-5-7-9-18)22-13-11-17(2)15-20(22)24-4/h10-15,18H,5-9H2,1-4H3. The number of ether oxygens (including phenoxy) is 2. The average Bonchev–Trinajstić information content (AvgIpc) is 2.64. The first-order chi connectivity index (χ1) is 12.1. The molecule has 2 aromatic carbocycles. The summed E-state index contributed by atoms with van der Waals surface area (Å²) in [4.78, 5) is 0. The van der Waals surface area contributed by atoms with Crippen LogP contribution in [0.5, 0.6) is 11.5 Å². The van der Waals surface area contributed by atoms with Crippen molar-refractivity contribution in [1.82, 2.24) is 0 Å². The minimum absolute atomic E-state index is 0.497. The molecule has 0 aromatic heterocycles. The lowest BCUT2D eigenvalue weighted by Gasteiger charge is -2.33. The Bertz CT molecular complexity index is 666. The Hall–Kier alpha value is -1.53. The minimum atomic E-state index is -0.497. The lowest BCUT2D eigenvalue weighted by Crippen LogP contribution is -2.26. The van der Waals surface area contributed by atoms with Gasteiger partial charge in [-0.05, 0) is 63.5 Å². The second kappa shape index (κ2) is 8.23. The molecule has 0 N–H and O–H groups in total. The van der Waals surface area contributed by atoms with E-state index in [1.807, 2.05) is 0 Å². The zero-order valence-electron chi connectivity index (χ0n) is 15.8. The maximum absolute atomic E-state index is 5.79. The van der Waals surface area contributed by atoms with Gasteiger partial charge in [-0.1, -0.05) is 43.5 Å². The van der Waals surface area contributed by atoms with Crippen molar-refractivity contribution in [1.29, 1.82) is 0 Å². The summed E-state index contributed by atoms with van der Waals surface area (Å²) in [5.41, 5.74) is 3.20. The summed E-state index contributed by atoms with van der Waals surface area (Å²) < 4.78 is 11.6. The maximum atomic E-state index is 5.79. The highest BCUT2D eigenvalue weighted by atomic mass is 31.1. The van der Waals surface area contributed by atoms with Crippen LogP contribution in [0.15, 0.2) is 36.4 Å².